The molecule has 360 valence electrons. The fraction of sp³-hybridized carbons (Fsp3) is 0. The van der Waals surface area contributed by atoms with Crippen molar-refractivity contribution in [2.24, 2.45) is 0 Å². The first-order chi connectivity index (χ1) is 38.0. The Balaban J connectivity index is 0.898. The molecule has 0 saturated carbocycles. The topological polar surface area (TPSA) is 43.4 Å². The van der Waals surface area contributed by atoms with Gasteiger partial charge in [0.15, 0.2) is 11.6 Å². The number of rotatable bonds is 10. The lowest BCUT2D eigenvalue weighted by atomic mass is 9.89. The van der Waals surface area contributed by atoms with Gasteiger partial charge in [-0.3, -0.25) is 9.59 Å². The molecule has 0 aromatic heterocycles. The molecule has 0 atom stereocenters. The Morgan fingerprint density at radius 1 is 0.195 bits per heavy atom. The lowest BCUT2D eigenvalue weighted by Gasteiger charge is -2.15. The highest BCUT2D eigenvalue weighted by Gasteiger charge is 2.37. The lowest BCUT2D eigenvalue weighted by Crippen LogP contribution is -2.02. The van der Waals surface area contributed by atoms with E-state index in [2.05, 4.69) is 47.9 Å². The maximum Gasteiger partial charge on any atom is 0.195 e. The third-order valence-corrected chi connectivity index (χ3v) is 13.8. The van der Waals surface area contributed by atoms with Gasteiger partial charge in [-0.1, -0.05) is 230 Å². The Hall–Kier alpha value is -10.6. The molecule has 0 bridgehead atoms. The van der Waals surface area contributed by atoms with E-state index in [-0.39, 0.29) is 11.6 Å². The highest BCUT2D eigenvalue weighted by Crippen LogP contribution is 2.52. The van der Waals surface area contributed by atoms with Gasteiger partial charge in [-0.25, -0.2) is 0 Å². The summed E-state index contributed by atoms with van der Waals surface area (Å²) in [4.78, 5) is 30.2. The number of Topliss-reactive ketones (excluding diaryl/α,β-unsaturated/α-hetero) is 2. The summed E-state index contributed by atoms with van der Waals surface area (Å²) < 4.78 is 6.60. The molecule has 0 aliphatic heterocycles. The maximum atomic E-state index is 15.1. The minimum absolute atomic E-state index is 0.0391. The molecule has 77 heavy (non-hydrogen) atoms. The second kappa shape index (κ2) is 21.5. The SMILES string of the molecule is O=C1C(c2ccc(C#Cc3ccccc3)cc2)=C(c2ccccc2)C(c2ccc(Oc3ccc(C4=C(c5ccc(C#Cc6ccccc6)cc5)C(=O)C(c5ccccc5)=C4c4ccccc4)cc3)cc2)=C1c1ccccc1. The second-order valence-electron chi connectivity index (χ2n) is 18.7. The van der Waals surface area contributed by atoms with Crippen molar-refractivity contribution in [1.82, 2.24) is 0 Å². The molecule has 0 saturated heterocycles. The van der Waals surface area contributed by atoms with Gasteiger partial charge in [0.05, 0.1) is 0 Å². The normalized spacial score (nSPS) is 13.1. The summed E-state index contributed by atoms with van der Waals surface area (Å²) in [5.41, 5.74) is 16.6. The predicted molar refractivity (Wildman–Crippen MR) is 314 cm³/mol. The van der Waals surface area contributed by atoms with E-state index < -0.39 is 0 Å². The van der Waals surface area contributed by atoms with Crippen LogP contribution in [0.4, 0.5) is 0 Å². The van der Waals surface area contributed by atoms with Crippen LogP contribution in [0, 0.1) is 23.7 Å². The molecule has 0 unspecified atom stereocenters. The lowest BCUT2D eigenvalue weighted by molar-refractivity contribution is -0.109. The molecule has 0 fully saturated rings. The number of benzene rings is 10. The Morgan fingerprint density at radius 3 is 0.662 bits per heavy atom. The zero-order valence-corrected chi connectivity index (χ0v) is 41.8. The average molecular weight is 983 g/mol. The summed E-state index contributed by atoms with van der Waals surface area (Å²) in [6.45, 7) is 0. The fourth-order valence-electron chi connectivity index (χ4n) is 10.2. The molecule has 2 aliphatic carbocycles. The minimum Gasteiger partial charge on any atom is -0.457 e. The van der Waals surface area contributed by atoms with E-state index in [1.54, 1.807) is 0 Å². The van der Waals surface area contributed by atoms with Crippen LogP contribution in [0.5, 0.6) is 11.5 Å². The largest absolute Gasteiger partial charge is 0.457 e. The first-order valence-corrected chi connectivity index (χ1v) is 25.6. The molecule has 2 aliphatic rings. The summed E-state index contributed by atoms with van der Waals surface area (Å²) in [5.74, 6) is 14.3. The van der Waals surface area contributed by atoms with Crippen molar-refractivity contribution >= 4 is 56.2 Å². The molecule has 3 nitrogen and oxygen atoms in total. The van der Waals surface area contributed by atoms with Crippen LogP contribution < -0.4 is 4.74 Å². The Labute approximate surface area is 449 Å². The van der Waals surface area contributed by atoms with Crippen LogP contribution in [0.2, 0.25) is 0 Å². The molecule has 0 amide bonds. The van der Waals surface area contributed by atoms with Gasteiger partial charge < -0.3 is 4.74 Å². The number of carbonyl (C=O) groups is 2. The van der Waals surface area contributed by atoms with Gasteiger partial charge in [-0.2, -0.15) is 0 Å². The van der Waals surface area contributed by atoms with E-state index >= 15 is 9.59 Å². The van der Waals surface area contributed by atoms with Crippen molar-refractivity contribution in [2.45, 2.75) is 0 Å². The van der Waals surface area contributed by atoms with Gasteiger partial charge in [0, 0.05) is 66.8 Å². The molecule has 3 heteroatoms. The van der Waals surface area contributed by atoms with E-state index in [0.717, 1.165) is 89.1 Å². The highest BCUT2D eigenvalue weighted by molar-refractivity contribution is 6.60. The summed E-state index contributed by atoms with van der Waals surface area (Å²) in [6, 6.07) is 91.9. The molecule has 0 heterocycles. The molecule has 10 aromatic carbocycles. The first kappa shape index (κ1) is 47.4. The number of carbonyl (C=O) groups excluding carboxylic acids is 2. The van der Waals surface area contributed by atoms with Gasteiger partial charge in [0.2, 0.25) is 0 Å². The standard InChI is InChI=1S/C74H46O3/c75-73-69(57-27-15-5-16-28-57)65(55-23-11-3-12-24-55)68(72(73)62-41-37-54(38-42-62)34-32-52-21-9-2-10-22-52)60-45-49-64(50-46-60)77-63-47-43-59(44-48-63)67-66(56-25-13-4-14-26-56)71(74(76)70(67)58-29-17-6-18-30-58)61-39-35-53(36-40-61)33-31-51-19-7-1-8-20-51/h1-30,35-50H. The first-order valence-electron chi connectivity index (χ1n) is 25.6. The van der Waals surface area contributed by atoms with Crippen molar-refractivity contribution < 1.29 is 14.3 Å². The molecular formula is C74H46O3. The Morgan fingerprint density at radius 2 is 0.390 bits per heavy atom. The number of ketones is 2. The van der Waals surface area contributed by atoms with Gasteiger partial charge in [-0.05, 0) is 117 Å². The van der Waals surface area contributed by atoms with Crippen LogP contribution >= 0.6 is 0 Å². The predicted octanol–water partition coefficient (Wildman–Crippen LogP) is 16.5. The van der Waals surface area contributed by atoms with Crippen molar-refractivity contribution in [2.75, 3.05) is 0 Å². The third kappa shape index (κ3) is 9.85. The van der Waals surface area contributed by atoms with Crippen LogP contribution in [-0.2, 0) is 9.59 Å². The van der Waals surface area contributed by atoms with Gasteiger partial charge in [0.1, 0.15) is 11.5 Å². The number of allylic oxidation sites excluding steroid dienone is 8. The van der Waals surface area contributed by atoms with Crippen LogP contribution in [0.25, 0.3) is 44.6 Å². The zero-order valence-electron chi connectivity index (χ0n) is 41.8. The molecular weight excluding hydrogens is 937 g/mol. The van der Waals surface area contributed by atoms with E-state index in [1.807, 2.05) is 255 Å². The van der Waals surface area contributed by atoms with Crippen molar-refractivity contribution in [1.29, 1.82) is 0 Å². The monoisotopic (exact) mass is 982 g/mol. The highest BCUT2D eigenvalue weighted by atomic mass is 16.5. The fourth-order valence-corrected chi connectivity index (χ4v) is 10.2. The van der Waals surface area contributed by atoms with E-state index in [4.69, 9.17) is 4.74 Å². The van der Waals surface area contributed by atoms with Crippen LogP contribution in [0.3, 0.4) is 0 Å². The second-order valence-corrected chi connectivity index (χ2v) is 18.7. The summed E-state index contributed by atoms with van der Waals surface area (Å²) in [5, 5.41) is 0. The zero-order chi connectivity index (χ0) is 51.9. The minimum atomic E-state index is -0.0397. The van der Waals surface area contributed by atoms with Gasteiger partial charge in [-0.15, -0.1) is 0 Å². The molecule has 0 radical (unpaired) electrons. The van der Waals surface area contributed by atoms with Crippen LogP contribution in [-0.4, -0.2) is 11.6 Å². The van der Waals surface area contributed by atoms with E-state index in [9.17, 15) is 0 Å². The maximum absolute atomic E-state index is 15.1. The average Bonchev–Trinajstić information content (AvgIpc) is 4.01. The summed E-state index contributed by atoms with van der Waals surface area (Å²) >= 11 is 0. The van der Waals surface area contributed by atoms with Gasteiger partial charge >= 0.3 is 0 Å². The summed E-state index contributed by atoms with van der Waals surface area (Å²) in [7, 11) is 0. The Bertz CT molecular complexity index is 4090. The summed E-state index contributed by atoms with van der Waals surface area (Å²) in [6.07, 6.45) is 0. The third-order valence-electron chi connectivity index (χ3n) is 13.8. The van der Waals surface area contributed by atoms with Crippen molar-refractivity contribution in [3.05, 3.63) is 346 Å². The number of ether oxygens (including phenoxy) is 1. The molecule has 0 spiro atoms. The quantitative estimate of drug-likeness (QED) is 0.128. The Kier molecular flexibility index (Phi) is 13.2. The van der Waals surface area contributed by atoms with Gasteiger partial charge in [0.25, 0.3) is 0 Å². The number of hydrogen-bond acceptors (Lipinski definition) is 3. The van der Waals surface area contributed by atoms with E-state index in [0.29, 0.717) is 33.8 Å². The number of hydrogen-bond donors (Lipinski definition) is 0. The van der Waals surface area contributed by atoms with E-state index in [1.165, 1.54) is 0 Å². The molecule has 10 aromatic rings. The molecule has 0 N–H and O–H groups in total. The molecule has 12 rings (SSSR count). The van der Waals surface area contributed by atoms with Crippen molar-refractivity contribution in [3.8, 4) is 35.2 Å². The van der Waals surface area contributed by atoms with Crippen LogP contribution in [0.1, 0.15) is 66.8 Å². The smallest absolute Gasteiger partial charge is 0.195 e. The van der Waals surface area contributed by atoms with Crippen LogP contribution in [0.15, 0.2) is 279 Å². The van der Waals surface area contributed by atoms with Crippen molar-refractivity contribution in [3.63, 3.8) is 0 Å².